The Hall–Kier alpha value is -2.71. The first-order valence-electron chi connectivity index (χ1n) is 8.48. The summed E-state index contributed by atoms with van der Waals surface area (Å²) in [6.45, 7) is 1.74. The highest BCUT2D eigenvalue weighted by Crippen LogP contribution is 2.22. The van der Waals surface area contributed by atoms with Crippen LogP contribution in [0.25, 0.3) is 0 Å². The van der Waals surface area contributed by atoms with Crippen LogP contribution >= 0.6 is 23.4 Å². The molecule has 7 nitrogen and oxygen atoms in total. The molecule has 0 bridgehead atoms. The maximum atomic E-state index is 12.3. The predicted molar refractivity (Wildman–Crippen MR) is 111 cm³/mol. The fourth-order valence-electron chi connectivity index (χ4n) is 2.35. The van der Waals surface area contributed by atoms with E-state index in [2.05, 4.69) is 10.2 Å². The van der Waals surface area contributed by atoms with Crippen LogP contribution in [0.2, 0.25) is 5.02 Å². The van der Waals surface area contributed by atoms with Gasteiger partial charge < -0.3 is 15.5 Å². The van der Waals surface area contributed by atoms with Gasteiger partial charge in [0, 0.05) is 23.5 Å². The van der Waals surface area contributed by atoms with Crippen molar-refractivity contribution in [1.29, 1.82) is 0 Å². The number of ether oxygens (including phenoxy) is 1. The van der Waals surface area contributed by atoms with E-state index < -0.39 is 0 Å². The van der Waals surface area contributed by atoms with E-state index in [1.54, 1.807) is 32.2 Å². The van der Waals surface area contributed by atoms with Gasteiger partial charge in [-0.15, -0.1) is 10.2 Å². The Morgan fingerprint density at radius 1 is 1.25 bits per heavy atom. The summed E-state index contributed by atoms with van der Waals surface area (Å²) in [7, 11) is 1.69. The molecule has 0 fully saturated rings. The number of rotatable bonds is 7. The number of hydrogen-bond donors (Lipinski definition) is 1. The molecule has 1 aromatic heterocycles. The van der Waals surface area contributed by atoms with Crippen LogP contribution in [-0.2, 0) is 10.5 Å². The van der Waals surface area contributed by atoms with Crippen LogP contribution in [0.5, 0.6) is 5.75 Å². The quantitative estimate of drug-likeness (QED) is 0.469. The smallest absolute Gasteiger partial charge is 0.264 e. The molecule has 1 heterocycles. The van der Waals surface area contributed by atoms with Crippen molar-refractivity contribution in [3.8, 4) is 5.75 Å². The molecule has 146 valence electrons. The number of aromatic nitrogens is 3. The lowest BCUT2D eigenvalue weighted by Gasteiger charge is -2.18. The van der Waals surface area contributed by atoms with Gasteiger partial charge in [-0.2, -0.15) is 0 Å². The van der Waals surface area contributed by atoms with Crippen LogP contribution < -0.4 is 15.5 Å². The van der Waals surface area contributed by atoms with Crippen LogP contribution in [0.1, 0.15) is 11.4 Å². The second kappa shape index (κ2) is 8.99. The molecule has 0 aliphatic rings. The normalized spacial score (nSPS) is 10.7. The second-order valence-electron chi connectivity index (χ2n) is 6.05. The molecule has 0 saturated carbocycles. The molecule has 0 aliphatic heterocycles. The van der Waals surface area contributed by atoms with Gasteiger partial charge in [0.1, 0.15) is 11.6 Å². The molecule has 2 aromatic carbocycles. The summed E-state index contributed by atoms with van der Waals surface area (Å²) < 4.78 is 7.07. The van der Waals surface area contributed by atoms with E-state index in [4.69, 9.17) is 22.2 Å². The number of likely N-dealkylation sites (N-methyl/N-ethyl adjacent to an activating group) is 1. The molecule has 0 atom stereocenters. The number of amides is 1. The molecule has 0 saturated heterocycles. The number of carbonyl (C=O) groups excluding carboxylic acids is 1. The number of benzene rings is 2. The second-order valence-corrected chi connectivity index (χ2v) is 7.43. The Balaban J connectivity index is 1.51. The number of hydrogen-bond acceptors (Lipinski definition) is 6. The minimum absolute atomic E-state index is 0.0628. The number of anilines is 1. The number of nitrogens with two attached hydrogens (primary N) is 1. The molecule has 0 aliphatic carbocycles. The first kappa shape index (κ1) is 20.0. The van der Waals surface area contributed by atoms with Gasteiger partial charge in [-0.25, -0.2) is 4.68 Å². The van der Waals surface area contributed by atoms with E-state index in [0.29, 0.717) is 27.5 Å². The molecule has 3 aromatic rings. The van der Waals surface area contributed by atoms with Crippen LogP contribution in [0, 0.1) is 6.92 Å². The topological polar surface area (TPSA) is 86.3 Å². The van der Waals surface area contributed by atoms with E-state index >= 15 is 0 Å². The molecule has 2 N–H and O–H groups in total. The Labute approximate surface area is 172 Å². The first-order valence-corrected chi connectivity index (χ1v) is 9.84. The van der Waals surface area contributed by atoms with Crippen molar-refractivity contribution < 1.29 is 9.53 Å². The zero-order valence-electron chi connectivity index (χ0n) is 15.5. The number of nitrogens with zero attached hydrogens (tertiary/aromatic N) is 4. The van der Waals surface area contributed by atoms with E-state index in [0.717, 1.165) is 11.3 Å². The molecular formula is C19H20ClN5O2S. The third kappa shape index (κ3) is 4.96. The summed E-state index contributed by atoms with van der Waals surface area (Å²) in [5.74, 6) is 7.66. The summed E-state index contributed by atoms with van der Waals surface area (Å²) >= 11 is 7.47. The van der Waals surface area contributed by atoms with Crippen molar-refractivity contribution in [2.24, 2.45) is 0 Å². The lowest BCUT2D eigenvalue weighted by molar-refractivity contribution is -0.120. The van der Waals surface area contributed by atoms with Crippen molar-refractivity contribution >= 4 is 35.0 Å². The Kier molecular flexibility index (Phi) is 6.43. The lowest BCUT2D eigenvalue weighted by Crippen LogP contribution is -2.31. The van der Waals surface area contributed by atoms with Crippen LogP contribution in [0.3, 0.4) is 0 Å². The summed E-state index contributed by atoms with van der Waals surface area (Å²) in [5, 5.41) is 9.19. The van der Waals surface area contributed by atoms with Gasteiger partial charge in [0.2, 0.25) is 5.16 Å². The largest absolute Gasteiger partial charge is 0.484 e. The summed E-state index contributed by atoms with van der Waals surface area (Å²) in [6.07, 6.45) is 0. The maximum Gasteiger partial charge on any atom is 0.264 e. The number of aryl methyl sites for hydroxylation is 1. The zero-order chi connectivity index (χ0) is 20.1. The summed E-state index contributed by atoms with van der Waals surface area (Å²) in [5.41, 5.74) is 1.80. The fourth-order valence-corrected chi connectivity index (χ4v) is 3.39. The van der Waals surface area contributed by atoms with Gasteiger partial charge in [-0.3, -0.25) is 4.79 Å². The minimum atomic E-state index is -0.167. The van der Waals surface area contributed by atoms with Crippen LogP contribution in [0.15, 0.2) is 53.7 Å². The summed E-state index contributed by atoms with van der Waals surface area (Å²) in [6, 6.07) is 14.7. The first-order chi connectivity index (χ1) is 13.4. The van der Waals surface area contributed by atoms with E-state index in [9.17, 15) is 4.79 Å². The molecule has 28 heavy (non-hydrogen) atoms. The highest BCUT2D eigenvalue weighted by atomic mass is 35.5. The molecule has 0 spiro atoms. The van der Waals surface area contributed by atoms with Gasteiger partial charge in [0.05, 0.1) is 0 Å². The lowest BCUT2D eigenvalue weighted by atomic mass is 10.2. The maximum absolute atomic E-state index is 12.3. The predicted octanol–water partition coefficient (Wildman–Crippen LogP) is 3.29. The highest BCUT2D eigenvalue weighted by Gasteiger charge is 2.12. The molecule has 0 unspecified atom stereocenters. The Morgan fingerprint density at radius 3 is 2.64 bits per heavy atom. The molecule has 0 radical (unpaired) electrons. The summed E-state index contributed by atoms with van der Waals surface area (Å²) in [4.78, 5) is 13.8. The molecular weight excluding hydrogens is 398 g/mol. The van der Waals surface area contributed by atoms with Gasteiger partial charge in [0.15, 0.2) is 6.61 Å². The number of carbonyl (C=O) groups is 1. The molecule has 9 heteroatoms. The number of halogens is 1. The third-order valence-corrected chi connectivity index (χ3v) is 5.31. The monoisotopic (exact) mass is 417 g/mol. The van der Waals surface area contributed by atoms with Gasteiger partial charge in [0.25, 0.3) is 5.91 Å². The van der Waals surface area contributed by atoms with Crippen molar-refractivity contribution in [2.45, 2.75) is 17.8 Å². The highest BCUT2D eigenvalue weighted by molar-refractivity contribution is 7.98. The standard InChI is InChI=1S/C19H20ClN5O2S/c1-13-22-23-19(25(13)21)28-12-14-6-8-17(9-7-14)27-11-18(26)24(2)16-5-3-4-15(20)10-16/h3-10H,11-12,21H2,1-2H3. The van der Waals surface area contributed by atoms with Gasteiger partial charge in [-0.1, -0.05) is 41.6 Å². The van der Waals surface area contributed by atoms with E-state index in [-0.39, 0.29) is 12.5 Å². The van der Waals surface area contributed by atoms with Crippen molar-refractivity contribution in [1.82, 2.24) is 14.9 Å². The van der Waals surface area contributed by atoms with Gasteiger partial charge in [-0.05, 0) is 42.8 Å². The average Bonchev–Trinajstić information content (AvgIpc) is 3.02. The minimum Gasteiger partial charge on any atom is -0.484 e. The molecule has 3 rings (SSSR count). The van der Waals surface area contributed by atoms with Gasteiger partial charge >= 0.3 is 0 Å². The van der Waals surface area contributed by atoms with Crippen molar-refractivity contribution in [2.75, 3.05) is 24.4 Å². The Bertz CT molecular complexity index is 961. The SMILES string of the molecule is Cc1nnc(SCc2ccc(OCC(=O)N(C)c3cccc(Cl)c3)cc2)n1N. The number of thioether (sulfide) groups is 1. The third-order valence-electron chi connectivity index (χ3n) is 4.06. The average molecular weight is 418 g/mol. The van der Waals surface area contributed by atoms with Crippen LogP contribution in [-0.4, -0.2) is 34.4 Å². The van der Waals surface area contributed by atoms with Crippen molar-refractivity contribution in [3.63, 3.8) is 0 Å². The van der Waals surface area contributed by atoms with Crippen molar-refractivity contribution in [3.05, 3.63) is 64.9 Å². The fraction of sp³-hybridized carbons (Fsp3) is 0.211. The Morgan fingerprint density at radius 2 is 2.00 bits per heavy atom. The van der Waals surface area contributed by atoms with E-state index in [1.807, 2.05) is 30.3 Å². The zero-order valence-corrected chi connectivity index (χ0v) is 17.1. The van der Waals surface area contributed by atoms with Crippen LogP contribution in [0.4, 0.5) is 5.69 Å². The number of nitrogen functional groups attached to an aromatic ring is 1. The van der Waals surface area contributed by atoms with E-state index in [1.165, 1.54) is 21.3 Å². The molecule has 1 amide bonds.